The van der Waals surface area contributed by atoms with Crippen LogP contribution in [0.5, 0.6) is 0 Å². The van der Waals surface area contributed by atoms with Crippen molar-refractivity contribution in [3.63, 3.8) is 0 Å². The first kappa shape index (κ1) is 18.0. The molecule has 0 spiro atoms. The van der Waals surface area contributed by atoms with Crippen molar-refractivity contribution < 1.29 is 0 Å². The van der Waals surface area contributed by atoms with Gasteiger partial charge in [0.1, 0.15) is 0 Å². The van der Waals surface area contributed by atoms with Gasteiger partial charge in [-0.1, -0.05) is 48.5 Å². The van der Waals surface area contributed by atoms with Crippen molar-refractivity contribution in [3.05, 3.63) is 65.4 Å². The normalized spacial score (nSPS) is 16.7. The monoisotopic (exact) mass is 360 g/mol. The van der Waals surface area contributed by atoms with Crippen LogP contribution in [0, 0.1) is 0 Å². The lowest BCUT2D eigenvalue weighted by Crippen LogP contribution is -2.48. The van der Waals surface area contributed by atoms with E-state index in [-0.39, 0.29) is 0 Å². The summed E-state index contributed by atoms with van der Waals surface area (Å²) >= 11 is 0. The third-order valence-corrected chi connectivity index (χ3v) is 5.46. The molecule has 0 saturated carbocycles. The zero-order valence-electron chi connectivity index (χ0n) is 16.2. The van der Waals surface area contributed by atoms with E-state index in [1.165, 1.54) is 24.2 Å². The lowest BCUT2D eigenvalue weighted by Gasteiger charge is -2.36. The van der Waals surface area contributed by atoms with Crippen LogP contribution in [0.25, 0.3) is 23.1 Å². The topological polar surface area (TPSA) is 35.2 Å². The minimum Gasteiger partial charge on any atom is -0.298 e. The molecule has 0 amide bonds. The van der Waals surface area contributed by atoms with Gasteiger partial charge in [-0.2, -0.15) is 5.10 Å². The van der Waals surface area contributed by atoms with Crippen LogP contribution in [0.3, 0.4) is 0 Å². The van der Waals surface area contributed by atoms with Gasteiger partial charge in [-0.3, -0.25) is 14.9 Å². The Bertz CT molecular complexity index is 900. The van der Waals surface area contributed by atoms with Crippen LogP contribution in [-0.4, -0.2) is 52.2 Å². The Balaban J connectivity index is 1.36. The average molecular weight is 361 g/mol. The maximum Gasteiger partial charge on any atom is 0.0927 e. The molecule has 0 atom stereocenters. The number of aromatic amines is 1. The first-order chi connectivity index (χ1) is 13.2. The summed E-state index contributed by atoms with van der Waals surface area (Å²) in [5.41, 5.74) is 4.65. The van der Waals surface area contributed by atoms with Crippen LogP contribution in [0.1, 0.15) is 30.7 Å². The molecule has 2 heterocycles. The van der Waals surface area contributed by atoms with Gasteiger partial charge in [0.05, 0.1) is 11.2 Å². The molecule has 4 heteroatoms. The second-order valence-electron chi connectivity index (χ2n) is 7.64. The van der Waals surface area contributed by atoms with Crippen molar-refractivity contribution in [2.24, 2.45) is 0 Å². The van der Waals surface area contributed by atoms with E-state index in [1.807, 2.05) is 12.1 Å². The van der Waals surface area contributed by atoms with Gasteiger partial charge in [0.2, 0.25) is 0 Å². The predicted octanol–water partition coefficient (Wildman–Crippen LogP) is 4.26. The number of nitrogens with one attached hydrogen (secondary N) is 1. The largest absolute Gasteiger partial charge is 0.298 e. The number of benzene rings is 2. The van der Waals surface area contributed by atoms with Gasteiger partial charge >= 0.3 is 0 Å². The molecule has 140 valence electrons. The highest BCUT2D eigenvalue weighted by molar-refractivity contribution is 5.89. The highest BCUT2D eigenvalue weighted by Crippen LogP contribution is 2.18. The Kier molecular flexibility index (Phi) is 5.37. The van der Waals surface area contributed by atoms with Gasteiger partial charge in [-0.25, -0.2) is 0 Å². The first-order valence-corrected chi connectivity index (χ1v) is 9.85. The van der Waals surface area contributed by atoms with Crippen LogP contribution in [0.15, 0.2) is 48.5 Å². The zero-order valence-corrected chi connectivity index (χ0v) is 16.2. The van der Waals surface area contributed by atoms with Crippen LogP contribution >= 0.6 is 0 Å². The van der Waals surface area contributed by atoms with Gasteiger partial charge < -0.3 is 0 Å². The number of piperazine rings is 1. The fraction of sp³-hybridized carbons (Fsp3) is 0.348. The molecule has 0 unspecified atom stereocenters. The quantitative estimate of drug-likeness (QED) is 0.738. The number of hydrogen-bond donors (Lipinski definition) is 1. The molecule has 2 aromatic carbocycles. The number of fused-ring (bicyclic) bond motifs is 1. The van der Waals surface area contributed by atoms with E-state index in [9.17, 15) is 0 Å². The SMILES string of the molecule is CC(C)N1CCN(Cc2ccc(/C=C/c3n[nH]c4ccccc34)cc2)CC1. The number of para-hydroxylation sites is 1. The number of H-pyrrole nitrogens is 1. The van der Waals surface area contributed by atoms with Crippen LogP contribution in [0.4, 0.5) is 0 Å². The van der Waals surface area contributed by atoms with E-state index >= 15 is 0 Å². The van der Waals surface area contributed by atoms with E-state index in [4.69, 9.17) is 0 Å². The molecule has 1 N–H and O–H groups in total. The summed E-state index contributed by atoms with van der Waals surface area (Å²) in [7, 11) is 0. The fourth-order valence-corrected chi connectivity index (χ4v) is 3.72. The van der Waals surface area contributed by atoms with Gasteiger partial charge in [0.15, 0.2) is 0 Å². The van der Waals surface area contributed by atoms with E-state index in [2.05, 4.69) is 82.4 Å². The van der Waals surface area contributed by atoms with E-state index in [1.54, 1.807) is 0 Å². The van der Waals surface area contributed by atoms with Crippen LogP contribution in [0.2, 0.25) is 0 Å². The maximum absolute atomic E-state index is 4.40. The Morgan fingerprint density at radius 1 is 0.963 bits per heavy atom. The standard InChI is InChI=1S/C23H28N4/c1-18(2)27-15-13-26(14-16-27)17-20-9-7-19(8-10-20)11-12-23-21-5-3-4-6-22(21)24-25-23/h3-12,18H,13-17H2,1-2H3,(H,24,25)/b12-11+. The third-order valence-electron chi connectivity index (χ3n) is 5.46. The number of hydrogen-bond acceptors (Lipinski definition) is 3. The Morgan fingerprint density at radius 3 is 2.44 bits per heavy atom. The van der Waals surface area contributed by atoms with Gasteiger partial charge in [-0.15, -0.1) is 0 Å². The molecular weight excluding hydrogens is 332 g/mol. The molecule has 3 aromatic rings. The van der Waals surface area contributed by atoms with Crippen LogP contribution in [-0.2, 0) is 6.54 Å². The van der Waals surface area contributed by atoms with E-state index in [0.717, 1.165) is 36.2 Å². The molecule has 1 saturated heterocycles. The minimum absolute atomic E-state index is 0.657. The lowest BCUT2D eigenvalue weighted by molar-refractivity contribution is 0.104. The Labute approximate surface area is 161 Å². The Hall–Kier alpha value is -2.43. The number of nitrogens with zero attached hydrogens (tertiary/aromatic N) is 3. The van der Waals surface area contributed by atoms with E-state index < -0.39 is 0 Å². The Morgan fingerprint density at radius 2 is 1.70 bits per heavy atom. The molecule has 1 aliphatic rings. The molecule has 1 aliphatic heterocycles. The first-order valence-electron chi connectivity index (χ1n) is 9.85. The molecule has 27 heavy (non-hydrogen) atoms. The number of aromatic nitrogens is 2. The molecule has 1 aromatic heterocycles. The summed E-state index contributed by atoms with van der Waals surface area (Å²) in [6.45, 7) is 10.3. The lowest BCUT2D eigenvalue weighted by atomic mass is 10.1. The molecule has 1 fully saturated rings. The predicted molar refractivity (Wildman–Crippen MR) is 113 cm³/mol. The maximum atomic E-state index is 4.40. The number of rotatable bonds is 5. The van der Waals surface area contributed by atoms with Crippen molar-refractivity contribution in [1.29, 1.82) is 0 Å². The molecule has 0 radical (unpaired) electrons. The third kappa shape index (κ3) is 4.29. The molecule has 0 aliphatic carbocycles. The van der Waals surface area contributed by atoms with Crippen molar-refractivity contribution >= 4 is 23.1 Å². The summed E-state index contributed by atoms with van der Waals surface area (Å²) in [6.07, 6.45) is 4.22. The van der Waals surface area contributed by atoms with Crippen molar-refractivity contribution in [2.45, 2.75) is 26.4 Å². The summed E-state index contributed by atoms with van der Waals surface area (Å²) in [5, 5.41) is 8.64. The molecule has 4 nitrogen and oxygen atoms in total. The molecular formula is C23H28N4. The summed E-state index contributed by atoms with van der Waals surface area (Å²) in [4.78, 5) is 5.11. The van der Waals surface area contributed by atoms with Crippen LogP contribution < -0.4 is 0 Å². The minimum atomic E-state index is 0.657. The van der Waals surface area contributed by atoms with E-state index in [0.29, 0.717) is 6.04 Å². The van der Waals surface area contributed by atoms with Gasteiger partial charge in [-0.05, 0) is 37.1 Å². The smallest absolute Gasteiger partial charge is 0.0927 e. The highest BCUT2D eigenvalue weighted by Gasteiger charge is 2.18. The summed E-state index contributed by atoms with van der Waals surface area (Å²) in [5.74, 6) is 0. The molecule has 0 bridgehead atoms. The van der Waals surface area contributed by atoms with Gasteiger partial charge in [0, 0.05) is 44.2 Å². The summed E-state index contributed by atoms with van der Waals surface area (Å²) in [6, 6.07) is 17.8. The highest BCUT2D eigenvalue weighted by atomic mass is 15.3. The second kappa shape index (κ2) is 8.07. The van der Waals surface area contributed by atoms with Crippen molar-refractivity contribution in [3.8, 4) is 0 Å². The molecule has 4 rings (SSSR count). The zero-order chi connectivity index (χ0) is 18.6. The average Bonchev–Trinajstić information content (AvgIpc) is 3.11. The summed E-state index contributed by atoms with van der Waals surface area (Å²) < 4.78 is 0. The van der Waals surface area contributed by atoms with Gasteiger partial charge in [0.25, 0.3) is 0 Å². The van der Waals surface area contributed by atoms with Crippen molar-refractivity contribution in [1.82, 2.24) is 20.0 Å². The fourth-order valence-electron chi connectivity index (χ4n) is 3.72. The second-order valence-corrected chi connectivity index (χ2v) is 7.64. The van der Waals surface area contributed by atoms with Crippen molar-refractivity contribution in [2.75, 3.05) is 26.2 Å².